The molecule has 0 aliphatic carbocycles. The molecular weight excluding hydrogens is 320 g/mol. The number of hydrogen-bond acceptors (Lipinski definition) is 3. The van der Waals surface area contributed by atoms with E-state index in [2.05, 4.69) is 10.9 Å². The molecule has 2 aromatic rings. The van der Waals surface area contributed by atoms with Gasteiger partial charge in [-0.25, -0.2) is 0 Å². The molecule has 0 atom stereocenters. The molecule has 2 N–H and O–H groups in total. The molecule has 0 spiro atoms. The third-order valence-electron chi connectivity index (χ3n) is 2.83. The Morgan fingerprint density at radius 1 is 1.00 bits per heavy atom. The minimum absolute atomic E-state index is 0.348. The van der Waals surface area contributed by atoms with Crippen LogP contribution in [0.15, 0.2) is 53.4 Å². The van der Waals surface area contributed by atoms with Crippen molar-refractivity contribution < 1.29 is 9.59 Å². The van der Waals surface area contributed by atoms with Gasteiger partial charge < -0.3 is 0 Å². The van der Waals surface area contributed by atoms with E-state index in [-0.39, 0.29) is 5.91 Å². The summed E-state index contributed by atoms with van der Waals surface area (Å²) in [5, 5.41) is 0.547. The molecular formula is C16H15ClN2O2S. The van der Waals surface area contributed by atoms with E-state index in [4.69, 9.17) is 11.6 Å². The Balaban J connectivity index is 2.01. The van der Waals surface area contributed by atoms with E-state index in [0.29, 0.717) is 16.1 Å². The van der Waals surface area contributed by atoms with Gasteiger partial charge in [0.25, 0.3) is 11.8 Å². The SMILES string of the molecule is CCSc1ccccc1C(=O)NNC(=O)c1ccc(Cl)cc1. The van der Waals surface area contributed by atoms with Crippen molar-refractivity contribution in [1.82, 2.24) is 10.9 Å². The lowest BCUT2D eigenvalue weighted by atomic mass is 10.2. The Kier molecular flexibility index (Phi) is 5.86. The highest BCUT2D eigenvalue weighted by atomic mass is 35.5. The summed E-state index contributed by atoms with van der Waals surface area (Å²) in [4.78, 5) is 25.0. The summed E-state index contributed by atoms with van der Waals surface area (Å²) in [5.74, 6) is 0.117. The largest absolute Gasteiger partial charge is 0.270 e. The first-order valence-corrected chi connectivity index (χ1v) is 8.06. The Morgan fingerprint density at radius 2 is 1.64 bits per heavy atom. The first-order chi connectivity index (χ1) is 10.6. The normalized spacial score (nSPS) is 10.1. The minimum Gasteiger partial charge on any atom is -0.267 e. The molecule has 2 aromatic carbocycles. The van der Waals surface area contributed by atoms with E-state index < -0.39 is 5.91 Å². The van der Waals surface area contributed by atoms with Crippen LogP contribution >= 0.6 is 23.4 Å². The van der Waals surface area contributed by atoms with Gasteiger partial charge in [0.05, 0.1) is 5.56 Å². The fraction of sp³-hybridized carbons (Fsp3) is 0.125. The smallest absolute Gasteiger partial charge is 0.267 e. The number of nitrogens with one attached hydrogen (secondary N) is 2. The summed E-state index contributed by atoms with van der Waals surface area (Å²) >= 11 is 7.34. The van der Waals surface area contributed by atoms with Crippen LogP contribution in [0.3, 0.4) is 0 Å². The van der Waals surface area contributed by atoms with Gasteiger partial charge in [0.1, 0.15) is 0 Å². The van der Waals surface area contributed by atoms with Crippen molar-refractivity contribution in [2.24, 2.45) is 0 Å². The van der Waals surface area contributed by atoms with Crippen LogP contribution in [0.1, 0.15) is 27.6 Å². The highest BCUT2D eigenvalue weighted by Crippen LogP contribution is 2.21. The number of benzene rings is 2. The van der Waals surface area contributed by atoms with Crippen LogP contribution in [0.25, 0.3) is 0 Å². The zero-order valence-corrected chi connectivity index (χ0v) is 13.5. The number of rotatable bonds is 4. The summed E-state index contributed by atoms with van der Waals surface area (Å²) in [6.07, 6.45) is 0. The van der Waals surface area contributed by atoms with Crippen molar-refractivity contribution in [1.29, 1.82) is 0 Å². The molecule has 0 bridgehead atoms. The van der Waals surface area contributed by atoms with E-state index in [1.807, 2.05) is 19.1 Å². The fourth-order valence-electron chi connectivity index (χ4n) is 1.79. The highest BCUT2D eigenvalue weighted by molar-refractivity contribution is 7.99. The molecule has 0 aliphatic rings. The summed E-state index contributed by atoms with van der Waals surface area (Å²) in [6.45, 7) is 2.02. The summed E-state index contributed by atoms with van der Waals surface area (Å²) < 4.78 is 0. The number of thioether (sulfide) groups is 1. The van der Waals surface area contributed by atoms with Crippen molar-refractivity contribution in [2.45, 2.75) is 11.8 Å². The van der Waals surface area contributed by atoms with Gasteiger partial charge in [0.15, 0.2) is 0 Å². The second-order valence-electron chi connectivity index (χ2n) is 4.34. The molecule has 114 valence electrons. The average molecular weight is 335 g/mol. The van der Waals surface area contributed by atoms with Crippen molar-refractivity contribution in [3.63, 3.8) is 0 Å². The number of hydrazine groups is 1. The highest BCUT2D eigenvalue weighted by Gasteiger charge is 2.12. The topological polar surface area (TPSA) is 58.2 Å². The monoisotopic (exact) mass is 334 g/mol. The molecule has 0 heterocycles. The molecule has 0 radical (unpaired) electrons. The zero-order chi connectivity index (χ0) is 15.9. The third kappa shape index (κ3) is 4.26. The lowest BCUT2D eigenvalue weighted by Gasteiger charge is -2.10. The van der Waals surface area contributed by atoms with Crippen LogP contribution in [0.5, 0.6) is 0 Å². The summed E-state index contributed by atoms with van der Waals surface area (Å²) in [6, 6.07) is 13.7. The van der Waals surface area contributed by atoms with E-state index in [9.17, 15) is 9.59 Å². The maximum Gasteiger partial charge on any atom is 0.270 e. The van der Waals surface area contributed by atoms with Crippen molar-refractivity contribution in [3.05, 3.63) is 64.7 Å². The van der Waals surface area contributed by atoms with Crippen LogP contribution in [-0.2, 0) is 0 Å². The first-order valence-electron chi connectivity index (χ1n) is 6.70. The Bertz CT molecular complexity index is 674. The number of carbonyl (C=O) groups excluding carboxylic acids is 2. The second-order valence-corrected chi connectivity index (χ2v) is 6.09. The van der Waals surface area contributed by atoms with Crippen LogP contribution in [0.2, 0.25) is 5.02 Å². The molecule has 2 rings (SSSR count). The quantitative estimate of drug-likeness (QED) is 0.664. The van der Waals surface area contributed by atoms with Crippen molar-refractivity contribution in [2.75, 3.05) is 5.75 Å². The number of amides is 2. The molecule has 0 fully saturated rings. The number of carbonyl (C=O) groups is 2. The summed E-state index contributed by atoms with van der Waals surface area (Å²) in [7, 11) is 0. The number of halogens is 1. The lowest BCUT2D eigenvalue weighted by Crippen LogP contribution is -2.41. The Hall–Kier alpha value is -1.98. The lowest BCUT2D eigenvalue weighted by molar-refractivity contribution is 0.0845. The van der Waals surface area contributed by atoms with E-state index >= 15 is 0 Å². The molecule has 0 saturated heterocycles. The maximum atomic E-state index is 12.2. The Morgan fingerprint density at radius 3 is 2.32 bits per heavy atom. The van der Waals surface area contributed by atoms with Crippen molar-refractivity contribution in [3.8, 4) is 0 Å². The predicted octanol–water partition coefficient (Wildman–Crippen LogP) is 3.53. The van der Waals surface area contributed by atoms with E-state index in [1.54, 1.807) is 48.2 Å². The van der Waals surface area contributed by atoms with Gasteiger partial charge in [-0.15, -0.1) is 11.8 Å². The third-order valence-corrected chi connectivity index (χ3v) is 4.04. The molecule has 22 heavy (non-hydrogen) atoms. The Labute approximate surface area is 138 Å². The number of hydrogen-bond donors (Lipinski definition) is 2. The molecule has 0 aromatic heterocycles. The first kappa shape index (κ1) is 16.4. The van der Waals surface area contributed by atoms with Crippen LogP contribution in [0.4, 0.5) is 0 Å². The van der Waals surface area contributed by atoms with Gasteiger partial charge in [-0.05, 0) is 42.2 Å². The van der Waals surface area contributed by atoms with Crippen molar-refractivity contribution >= 4 is 35.2 Å². The summed E-state index contributed by atoms with van der Waals surface area (Å²) in [5.41, 5.74) is 5.77. The van der Waals surface area contributed by atoms with Gasteiger partial charge in [0.2, 0.25) is 0 Å². The molecule has 6 heteroatoms. The van der Waals surface area contributed by atoms with Crippen LogP contribution in [-0.4, -0.2) is 17.6 Å². The molecule has 2 amide bonds. The second kappa shape index (κ2) is 7.87. The van der Waals surface area contributed by atoms with E-state index in [0.717, 1.165) is 10.6 Å². The molecule has 0 unspecified atom stereocenters. The zero-order valence-electron chi connectivity index (χ0n) is 11.9. The van der Waals surface area contributed by atoms with Crippen LogP contribution in [0, 0.1) is 0 Å². The fourth-order valence-corrected chi connectivity index (χ4v) is 2.72. The predicted molar refractivity (Wildman–Crippen MR) is 89.2 cm³/mol. The molecule has 4 nitrogen and oxygen atoms in total. The van der Waals surface area contributed by atoms with Gasteiger partial charge in [0, 0.05) is 15.5 Å². The minimum atomic E-state index is -0.398. The van der Waals surface area contributed by atoms with E-state index in [1.165, 1.54) is 0 Å². The van der Waals surface area contributed by atoms with Gasteiger partial charge >= 0.3 is 0 Å². The van der Waals surface area contributed by atoms with Crippen LogP contribution < -0.4 is 10.9 Å². The average Bonchev–Trinajstić information content (AvgIpc) is 2.54. The van der Waals surface area contributed by atoms with Gasteiger partial charge in [-0.2, -0.15) is 0 Å². The molecule has 0 saturated carbocycles. The standard InChI is InChI=1S/C16H15ClN2O2S/c1-2-22-14-6-4-3-5-13(14)16(21)19-18-15(20)11-7-9-12(17)10-8-11/h3-10H,2H2,1H3,(H,18,20)(H,19,21). The van der Waals surface area contributed by atoms with Gasteiger partial charge in [-0.1, -0.05) is 30.7 Å². The maximum absolute atomic E-state index is 12.2. The van der Waals surface area contributed by atoms with Gasteiger partial charge in [-0.3, -0.25) is 20.4 Å². The molecule has 0 aliphatic heterocycles.